The van der Waals surface area contributed by atoms with Gasteiger partial charge in [0.25, 0.3) is 0 Å². The van der Waals surface area contributed by atoms with Gasteiger partial charge in [0.1, 0.15) is 11.6 Å². The monoisotopic (exact) mass is 302 g/mol. The normalized spacial score (nSPS) is 15.1. The molecule has 2 N–H and O–H groups in total. The summed E-state index contributed by atoms with van der Waals surface area (Å²) in [6.07, 6.45) is 2.89. The van der Waals surface area contributed by atoms with Crippen LogP contribution >= 0.6 is 0 Å². The van der Waals surface area contributed by atoms with Crippen LogP contribution in [0.4, 0.5) is 10.1 Å². The van der Waals surface area contributed by atoms with Crippen LogP contribution in [-0.4, -0.2) is 33.9 Å². The Bertz CT molecular complexity index is 559. The number of benzene rings is 1. The molecule has 0 saturated heterocycles. The maximum atomic E-state index is 13.0. The minimum absolute atomic E-state index is 0.0211. The molecule has 1 aliphatic rings. The Morgan fingerprint density at radius 3 is 2.80 bits per heavy atom. The number of hydrogen-bond acceptors (Lipinski definition) is 4. The van der Waals surface area contributed by atoms with Crippen molar-refractivity contribution in [3.8, 4) is 5.75 Å². The second-order valence-corrected chi connectivity index (χ2v) is 6.69. The lowest BCUT2D eigenvalue weighted by Gasteiger charge is -2.12. The predicted molar refractivity (Wildman–Crippen MR) is 76.0 cm³/mol. The molecule has 0 atom stereocenters. The summed E-state index contributed by atoms with van der Waals surface area (Å²) in [6.45, 7) is 0.687. The molecule has 1 saturated carbocycles. The van der Waals surface area contributed by atoms with Crippen LogP contribution in [0.1, 0.15) is 19.3 Å². The zero-order chi connectivity index (χ0) is 14.6. The zero-order valence-electron chi connectivity index (χ0n) is 11.4. The molecule has 20 heavy (non-hydrogen) atoms. The quantitative estimate of drug-likeness (QED) is 0.718. The molecule has 0 radical (unpaired) electrons. The summed E-state index contributed by atoms with van der Waals surface area (Å²) in [5, 5.41) is 3.26. The van der Waals surface area contributed by atoms with E-state index in [1.54, 1.807) is 0 Å². The summed E-state index contributed by atoms with van der Waals surface area (Å²) < 4.78 is 44.3. The molecule has 5 nitrogen and oxygen atoms in total. The topological polar surface area (TPSA) is 67.4 Å². The summed E-state index contributed by atoms with van der Waals surface area (Å²) in [5.41, 5.74) is 0.254. The number of methoxy groups -OCH3 is 1. The van der Waals surface area contributed by atoms with Gasteiger partial charge in [-0.15, -0.1) is 0 Å². The van der Waals surface area contributed by atoms with E-state index in [1.165, 1.54) is 32.1 Å². The van der Waals surface area contributed by atoms with Gasteiger partial charge in [-0.25, -0.2) is 12.8 Å². The van der Waals surface area contributed by atoms with Gasteiger partial charge < -0.3 is 10.1 Å². The van der Waals surface area contributed by atoms with Gasteiger partial charge in [0.15, 0.2) is 0 Å². The van der Waals surface area contributed by atoms with Crippen molar-refractivity contribution in [2.24, 2.45) is 0 Å². The van der Waals surface area contributed by atoms with Crippen LogP contribution in [0.2, 0.25) is 0 Å². The van der Waals surface area contributed by atoms with Gasteiger partial charge in [-0.05, 0) is 37.9 Å². The van der Waals surface area contributed by atoms with Gasteiger partial charge in [-0.1, -0.05) is 0 Å². The number of nitrogens with one attached hydrogen (secondary N) is 2. The SMILES string of the molecule is COc1cc(F)ccc1NS(=O)(=O)CCCNC1CC1. The van der Waals surface area contributed by atoms with Crippen molar-refractivity contribution in [3.05, 3.63) is 24.0 Å². The van der Waals surface area contributed by atoms with Crippen molar-refractivity contribution < 1.29 is 17.5 Å². The van der Waals surface area contributed by atoms with Crippen LogP contribution in [0.25, 0.3) is 0 Å². The molecular formula is C13H19FN2O3S. The Balaban J connectivity index is 1.89. The molecule has 1 aromatic carbocycles. The first kappa shape index (κ1) is 15.1. The molecule has 112 valence electrons. The van der Waals surface area contributed by atoms with Crippen molar-refractivity contribution in [1.82, 2.24) is 5.32 Å². The van der Waals surface area contributed by atoms with E-state index in [2.05, 4.69) is 10.0 Å². The molecule has 0 bridgehead atoms. The third-order valence-electron chi connectivity index (χ3n) is 3.03. The average Bonchev–Trinajstić information content (AvgIpc) is 3.21. The molecule has 0 aliphatic heterocycles. The highest BCUT2D eigenvalue weighted by atomic mass is 32.2. The van der Waals surface area contributed by atoms with Crippen molar-refractivity contribution in [3.63, 3.8) is 0 Å². The van der Waals surface area contributed by atoms with E-state index >= 15 is 0 Å². The van der Waals surface area contributed by atoms with Crippen LogP contribution in [0.3, 0.4) is 0 Å². The summed E-state index contributed by atoms with van der Waals surface area (Å²) in [5.74, 6) is -0.282. The lowest BCUT2D eigenvalue weighted by molar-refractivity contribution is 0.413. The second kappa shape index (κ2) is 6.41. The van der Waals surface area contributed by atoms with Gasteiger partial charge in [0.2, 0.25) is 10.0 Å². The van der Waals surface area contributed by atoms with Gasteiger partial charge in [-0.3, -0.25) is 4.72 Å². The highest BCUT2D eigenvalue weighted by molar-refractivity contribution is 7.92. The highest BCUT2D eigenvalue weighted by Crippen LogP contribution is 2.26. The predicted octanol–water partition coefficient (Wildman–Crippen LogP) is 1.72. The molecule has 7 heteroatoms. The lowest BCUT2D eigenvalue weighted by Crippen LogP contribution is -2.23. The number of sulfonamides is 1. The van der Waals surface area contributed by atoms with Crippen molar-refractivity contribution in [2.45, 2.75) is 25.3 Å². The van der Waals surface area contributed by atoms with Crippen LogP contribution < -0.4 is 14.8 Å². The van der Waals surface area contributed by atoms with Gasteiger partial charge in [0, 0.05) is 12.1 Å². The molecule has 0 heterocycles. The minimum atomic E-state index is -3.45. The first-order chi connectivity index (χ1) is 9.50. The summed E-state index contributed by atoms with van der Waals surface area (Å²) in [6, 6.07) is 4.26. The Morgan fingerprint density at radius 1 is 1.40 bits per heavy atom. The zero-order valence-corrected chi connectivity index (χ0v) is 12.2. The average molecular weight is 302 g/mol. The van der Waals surface area contributed by atoms with Crippen LogP contribution in [0.5, 0.6) is 5.75 Å². The molecule has 1 aliphatic carbocycles. The van der Waals surface area contributed by atoms with E-state index in [4.69, 9.17) is 4.74 Å². The number of ether oxygens (including phenoxy) is 1. The highest BCUT2D eigenvalue weighted by Gasteiger charge is 2.20. The molecule has 0 amide bonds. The first-order valence-electron chi connectivity index (χ1n) is 6.57. The molecule has 0 aromatic heterocycles. The summed E-state index contributed by atoms with van der Waals surface area (Å²) in [4.78, 5) is 0. The molecule has 0 spiro atoms. The lowest BCUT2D eigenvalue weighted by atomic mass is 10.3. The third-order valence-corrected chi connectivity index (χ3v) is 4.39. The van der Waals surface area contributed by atoms with Crippen LogP contribution in [-0.2, 0) is 10.0 Å². The summed E-state index contributed by atoms with van der Waals surface area (Å²) in [7, 11) is -2.08. The molecule has 1 aromatic rings. The Hall–Kier alpha value is -1.34. The maximum absolute atomic E-state index is 13.0. The Labute approximate surface area is 118 Å². The fraction of sp³-hybridized carbons (Fsp3) is 0.538. The van der Waals surface area contributed by atoms with Gasteiger partial charge in [-0.2, -0.15) is 0 Å². The number of halogens is 1. The fourth-order valence-electron chi connectivity index (χ4n) is 1.82. The third kappa shape index (κ3) is 4.64. The minimum Gasteiger partial charge on any atom is -0.494 e. The standard InChI is InChI=1S/C13H19FN2O3S/c1-19-13-9-10(14)3-6-12(13)16-20(17,18)8-2-7-15-11-4-5-11/h3,6,9,11,15-16H,2,4-5,7-8H2,1H3. The van der Waals surface area contributed by atoms with E-state index in [0.29, 0.717) is 19.0 Å². The largest absolute Gasteiger partial charge is 0.494 e. The van der Waals surface area contributed by atoms with E-state index in [0.717, 1.165) is 6.07 Å². The number of anilines is 1. The first-order valence-corrected chi connectivity index (χ1v) is 8.23. The smallest absolute Gasteiger partial charge is 0.232 e. The molecule has 1 fully saturated rings. The van der Waals surface area contributed by atoms with E-state index in [1.807, 2.05) is 0 Å². The van der Waals surface area contributed by atoms with E-state index in [-0.39, 0.29) is 17.2 Å². The summed E-state index contributed by atoms with van der Waals surface area (Å²) >= 11 is 0. The fourth-order valence-corrected chi connectivity index (χ4v) is 2.95. The second-order valence-electron chi connectivity index (χ2n) is 4.85. The molecule has 2 rings (SSSR count). The van der Waals surface area contributed by atoms with Gasteiger partial charge >= 0.3 is 0 Å². The number of rotatable bonds is 8. The van der Waals surface area contributed by atoms with Crippen molar-refractivity contribution in [2.75, 3.05) is 24.1 Å². The van der Waals surface area contributed by atoms with E-state index < -0.39 is 15.8 Å². The molecule has 0 unspecified atom stereocenters. The Morgan fingerprint density at radius 2 is 2.15 bits per heavy atom. The molecular weight excluding hydrogens is 283 g/mol. The maximum Gasteiger partial charge on any atom is 0.232 e. The van der Waals surface area contributed by atoms with Crippen LogP contribution in [0.15, 0.2) is 18.2 Å². The van der Waals surface area contributed by atoms with Crippen LogP contribution in [0, 0.1) is 5.82 Å². The van der Waals surface area contributed by atoms with Crippen molar-refractivity contribution in [1.29, 1.82) is 0 Å². The van der Waals surface area contributed by atoms with Crippen molar-refractivity contribution >= 4 is 15.7 Å². The van der Waals surface area contributed by atoms with E-state index in [9.17, 15) is 12.8 Å². The Kier molecular flexibility index (Phi) is 4.82. The number of hydrogen-bond donors (Lipinski definition) is 2. The van der Waals surface area contributed by atoms with Gasteiger partial charge in [0.05, 0.1) is 18.6 Å².